The van der Waals surface area contributed by atoms with Gasteiger partial charge in [0.1, 0.15) is 0 Å². The Morgan fingerprint density at radius 1 is 1.58 bits per heavy atom. The second kappa shape index (κ2) is 7.86. The van der Waals surface area contributed by atoms with E-state index in [1.54, 1.807) is 0 Å². The van der Waals surface area contributed by atoms with Crippen LogP contribution in [0.3, 0.4) is 0 Å². The number of nitrogens with zero attached hydrogens (tertiary/aromatic N) is 5. The molecule has 0 saturated heterocycles. The van der Waals surface area contributed by atoms with E-state index in [9.17, 15) is 0 Å². The first-order valence-electron chi connectivity index (χ1n) is 3.87. The average molecular weight is 167 g/mol. The van der Waals surface area contributed by atoms with Crippen molar-refractivity contribution >= 4 is 0 Å². The number of hydrogen-bond acceptors (Lipinski definition) is 3. The Kier molecular flexibility index (Phi) is 7.05. The van der Waals surface area contributed by atoms with Crippen molar-refractivity contribution < 1.29 is 0 Å². The molecule has 0 fully saturated rings. The van der Waals surface area contributed by atoms with Crippen LogP contribution in [0.15, 0.2) is 5.11 Å². The van der Waals surface area contributed by atoms with Crippen molar-refractivity contribution in [1.82, 2.24) is 4.90 Å². The Hall–Kier alpha value is -1.24. The zero-order valence-electron chi connectivity index (χ0n) is 7.27. The largest absolute Gasteiger partial charge is 0.305 e. The van der Waals surface area contributed by atoms with Crippen molar-refractivity contribution in [2.24, 2.45) is 5.11 Å². The minimum absolute atomic E-state index is 0.535. The summed E-state index contributed by atoms with van der Waals surface area (Å²) in [6, 6.07) is 2.08. The predicted octanol–water partition coefficient (Wildman–Crippen LogP) is 1.53. The fourth-order valence-electron chi connectivity index (χ4n) is 0.809. The number of azide groups is 1. The lowest BCUT2D eigenvalue weighted by Crippen LogP contribution is -2.21. The van der Waals surface area contributed by atoms with E-state index in [0.29, 0.717) is 13.0 Å². The fraction of sp³-hybridized carbons (Fsp3) is 0.857. The van der Waals surface area contributed by atoms with Crippen molar-refractivity contribution in [3.63, 3.8) is 0 Å². The van der Waals surface area contributed by atoms with Crippen molar-refractivity contribution in [3.05, 3.63) is 10.4 Å². The molecule has 0 radical (unpaired) electrons. The minimum Gasteiger partial charge on any atom is -0.305 e. The molecule has 66 valence electrons. The van der Waals surface area contributed by atoms with Crippen LogP contribution in [0.2, 0.25) is 0 Å². The van der Waals surface area contributed by atoms with Gasteiger partial charge in [0.05, 0.1) is 6.07 Å². The van der Waals surface area contributed by atoms with E-state index >= 15 is 0 Å². The molecule has 5 heteroatoms. The maximum absolute atomic E-state index is 8.28. The first kappa shape index (κ1) is 10.8. The average Bonchev–Trinajstić information content (AvgIpc) is 2.09. The molecule has 0 atom stereocenters. The molecule has 0 aliphatic heterocycles. The smallest absolute Gasteiger partial charge is 0.0635 e. The molecule has 0 aliphatic rings. The van der Waals surface area contributed by atoms with Crippen LogP contribution in [-0.2, 0) is 0 Å². The van der Waals surface area contributed by atoms with Crippen LogP contribution >= 0.6 is 0 Å². The van der Waals surface area contributed by atoms with Crippen LogP contribution in [-0.4, -0.2) is 31.6 Å². The van der Waals surface area contributed by atoms with Gasteiger partial charge in [0, 0.05) is 24.4 Å². The van der Waals surface area contributed by atoms with Crippen LogP contribution in [0.5, 0.6) is 0 Å². The standard InChI is InChI=1S/C7H13N5/c1-12(6-2-4-8)7-3-5-10-11-9/h2-3,5-7H2,1H3. The molecule has 0 unspecified atom stereocenters. The molecular formula is C7H13N5. The summed E-state index contributed by atoms with van der Waals surface area (Å²) in [4.78, 5) is 4.70. The molecule has 0 aromatic heterocycles. The minimum atomic E-state index is 0.535. The van der Waals surface area contributed by atoms with E-state index < -0.39 is 0 Å². The summed E-state index contributed by atoms with van der Waals surface area (Å²) in [6.07, 6.45) is 1.41. The molecule has 0 bridgehead atoms. The molecule has 0 aliphatic carbocycles. The van der Waals surface area contributed by atoms with Crippen LogP contribution in [0.25, 0.3) is 10.4 Å². The van der Waals surface area contributed by atoms with Crippen LogP contribution in [0.1, 0.15) is 12.8 Å². The van der Waals surface area contributed by atoms with Gasteiger partial charge in [-0.1, -0.05) is 5.11 Å². The van der Waals surface area contributed by atoms with Gasteiger partial charge in [0.2, 0.25) is 0 Å². The van der Waals surface area contributed by atoms with Crippen molar-refractivity contribution in [2.45, 2.75) is 12.8 Å². The maximum atomic E-state index is 8.28. The van der Waals surface area contributed by atoms with E-state index in [2.05, 4.69) is 21.0 Å². The Bertz CT molecular complexity index is 188. The quantitative estimate of drug-likeness (QED) is 0.260. The highest BCUT2D eigenvalue weighted by Crippen LogP contribution is 1.90. The SMILES string of the molecule is CN(CCC#N)CCCN=[N+]=[N-]. The normalized spacial score (nSPS) is 9.08. The van der Waals surface area contributed by atoms with E-state index in [4.69, 9.17) is 10.8 Å². The van der Waals surface area contributed by atoms with Gasteiger partial charge in [-0.2, -0.15) is 5.26 Å². The lowest BCUT2D eigenvalue weighted by molar-refractivity contribution is 0.339. The molecule has 0 aromatic rings. The highest BCUT2D eigenvalue weighted by molar-refractivity contribution is 4.70. The number of rotatable bonds is 6. The third-order valence-electron chi connectivity index (χ3n) is 1.47. The van der Waals surface area contributed by atoms with Gasteiger partial charge in [-0.15, -0.1) is 0 Å². The van der Waals surface area contributed by atoms with Gasteiger partial charge in [0.15, 0.2) is 0 Å². The van der Waals surface area contributed by atoms with Gasteiger partial charge < -0.3 is 4.90 Å². The second-order valence-electron chi connectivity index (χ2n) is 2.52. The molecule has 0 heterocycles. The first-order chi connectivity index (χ1) is 5.81. The van der Waals surface area contributed by atoms with Crippen LogP contribution < -0.4 is 0 Å². The van der Waals surface area contributed by atoms with Crippen molar-refractivity contribution in [1.29, 1.82) is 5.26 Å². The topological polar surface area (TPSA) is 75.8 Å². The fourth-order valence-corrected chi connectivity index (χ4v) is 0.809. The van der Waals surface area contributed by atoms with Crippen molar-refractivity contribution in [2.75, 3.05) is 26.7 Å². The molecule has 0 amide bonds. The molecular weight excluding hydrogens is 154 g/mol. The van der Waals surface area contributed by atoms with E-state index in [-0.39, 0.29) is 0 Å². The molecule has 5 nitrogen and oxygen atoms in total. The lowest BCUT2D eigenvalue weighted by Gasteiger charge is -2.12. The second-order valence-corrected chi connectivity index (χ2v) is 2.52. The molecule has 0 spiro atoms. The van der Waals surface area contributed by atoms with Gasteiger partial charge >= 0.3 is 0 Å². The molecule has 0 saturated carbocycles. The predicted molar refractivity (Wildman–Crippen MR) is 46.4 cm³/mol. The zero-order chi connectivity index (χ0) is 9.23. The number of hydrogen-bond donors (Lipinski definition) is 0. The molecule has 12 heavy (non-hydrogen) atoms. The van der Waals surface area contributed by atoms with Crippen molar-refractivity contribution in [3.8, 4) is 6.07 Å². The summed E-state index contributed by atoms with van der Waals surface area (Å²) < 4.78 is 0. The Balaban J connectivity index is 3.25. The molecule has 0 aromatic carbocycles. The summed E-state index contributed by atoms with van der Waals surface area (Å²) in [5.41, 5.74) is 7.97. The Morgan fingerprint density at radius 2 is 2.33 bits per heavy atom. The maximum Gasteiger partial charge on any atom is 0.0635 e. The summed E-state index contributed by atoms with van der Waals surface area (Å²) in [5, 5.41) is 11.7. The highest BCUT2D eigenvalue weighted by atomic mass is 15.1. The van der Waals surface area contributed by atoms with Gasteiger partial charge in [0.25, 0.3) is 0 Å². The Labute approximate surface area is 72.2 Å². The lowest BCUT2D eigenvalue weighted by atomic mass is 10.3. The molecule has 0 N–H and O–H groups in total. The summed E-state index contributed by atoms with van der Waals surface area (Å²) in [5.74, 6) is 0. The van der Waals surface area contributed by atoms with E-state index in [1.165, 1.54) is 0 Å². The molecule has 0 rings (SSSR count). The van der Waals surface area contributed by atoms with Crippen LogP contribution in [0.4, 0.5) is 0 Å². The Morgan fingerprint density at radius 3 is 2.92 bits per heavy atom. The van der Waals surface area contributed by atoms with Gasteiger partial charge in [-0.05, 0) is 25.5 Å². The summed E-state index contributed by atoms with van der Waals surface area (Å²) in [6.45, 7) is 2.20. The van der Waals surface area contributed by atoms with E-state index in [0.717, 1.165) is 19.5 Å². The van der Waals surface area contributed by atoms with E-state index in [1.807, 2.05) is 7.05 Å². The third kappa shape index (κ3) is 6.87. The zero-order valence-corrected chi connectivity index (χ0v) is 7.27. The number of nitriles is 1. The van der Waals surface area contributed by atoms with Crippen LogP contribution in [0, 0.1) is 11.3 Å². The summed E-state index contributed by atoms with van der Waals surface area (Å²) in [7, 11) is 1.95. The highest BCUT2D eigenvalue weighted by Gasteiger charge is 1.95. The van der Waals surface area contributed by atoms with Gasteiger partial charge in [-0.3, -0.25) is 0 Å². The first-order valence-corrected chi connectivity index (χ1v) is 3.87. The van der Waals surface area contributed by atoms with Gasteiger partial charge in [-0.25, -0.2) is 0 Å². The third-order valence-corrected chi connectivity index (χ3v) is 1.47. The monoisotopic (exact) mass is 167 g/mol. The summed E-state index contributed by atoms with van der Waals surface area (Å²) >= 11 is 0.